The highest BCUT2D eigenvalue weighted by Gasteiger charge is 2.09. The maximum Gasteiger partial charge on any atom is 0.275 e. The minimum absolute atomic E-state index is 0.214. The SMILES string of the molecule is O=c1[nH]cnc2c(Oc3ccc4ccccc4c3)c[nH]c12. The topological polar surface area (TPSA) is 70.8 Å². The molecule has 0 atom stereocenters. The van der Waals surface area contributed by atoms with Crippen molar-refractivity contribution < 1.29 is 4.74 Å². The zero-order chi connectivity index (χ0) is 14.2. The predicted octanol–water partition coefficient (Wildman–Crippen LogP) is 3.20. The molecule has 2 heterocycles. The number of aromatic nitrogens is 3. The summed E-state index contributed by atoms with van der Waals surface area (Å²) in [4.78, 5) is 21.2. The van der Waals surface area contributed by atoms with Crippen LogP contribution in [0.4, 0.5) is 0 Å². The third-order valence-electron chi connectivity index (χ3n) is 3.38. The number of fused-ring (bicyclic) bond motifs is 2. The summed E-state index contributed by atoms with van der Waals surface area (Å²) < 4.78 is 5.85. The quantitative estimate of drug-likeness (QED) is 0.591. The molecule has 4 aromatic rings. The predicted molar refractivity (Wildman–Crippen MR) is 80.7 cm³/mol. The van der Waals surface area contributed by atoms with E-state index in [1.165, 1.54) is 6.33 Å². The lowest BCUT2D eigenvalue weighted by Crippen LogP contribution is -2.05. The molecule has 0 spiro atoms. The third kappa shape index (κ3) is 1.95. The van der Waals surface area contributed by atoms with Gasteiger partial charge in [0.05, 0.1) is 6.33 Å². The highest BCUT2D eigenvalue weighted by Crippen LogP contribution is 2.29. The van der Waals surface area contributed by atoms with Crippen molar-refractivity contribution in [3.05, 3.63) is 65.3 Å². The van der Waals surface area contributed by atoms with Crippen LogP contribution in [0.5, 0.6) is 11.5 Å². The molecule has 102 valence electrons. The van der Waals surface area contributed by atoms with Gasteiger partial charge in [0.2, 0.25) is 0 Å². The molecule has 4 rings (SSSR count). The summed E-state index contributed by atoms with van der Waals surface area (Å²) in [5.41, 5.74) is 0.716. The van der Waals surface area contributed by atoms with Gasteiger partial charge in [0.1, 0.15) is 16.8 Å². The van der Waals surface area contributed by atoms with Crippen molar-refractivity contribution in [2.24, 2.45) is 0 Å². The van der Waals surface area contributed by atoms with Crippen molar-refractivity contribution in [2.45, 2.75) is 0 Å². The Hall–Kier alpha value is -3.08. The van der Waals surface area contributed by atoms with E-state index in [-0.39, 0.29) is 5.56 Å². The molecule has 0 amide bonds. The van der Waals surface area contributed by atoms with Crippen LogP contribution in [-0.4, -0.2) is 15.0 Å². The van der Waals surface area contributed by atoms with E-state index in [2.05, 4.69) is 15.0 Å². The van der Waals surface area contributed by atoms with E-state index in [9.17, 15) is 4.79 Å². The Morgan fingerprint density at radius 3 is 2.76 bits per heavy atom. The molecule has 0 saturated heterocycles. The summed E-state index contributed by atoms with van der Waals surface area (Å²) in [6.45, 7) is 0. The van der Waals surface area contributed by atoms with Crippen LogP contribution in [0.15, 0.2) is 59.8 Å². The van der Waals surface area contributed by atoms with Gasteiger partial charge in [-0.05, 0) is 22.9 Å². The van der Waals surface area contributed by atoms with Gasteiger partial charge >= 0.3 is 0 Å². The highest BCUT2D eigenvalue weighted by molar-refractivity contribution is 5.84. The number of nitrogens with one attached hydrogen (secondary N) is 2. The molecule has 5 nitrogen and oxygen atoms in total. The molecule has 2 aromatic heterocycles. The van der Waals surface area contributed by atoms with Crippen molar-refractivity contribution in [3.63, 3.8) is 0 Å². The smallest absolute Gasteiger partial charge is 0.275 e. The second kappa shape index (κ2) is 4.49. The van der Waals surface area contributed by atoms with E-state index in [0.29, 0.717) is 22.5 Å². The fourth-order valence-electron chi connectivity index (χ4n) is 2.36. The second-order valence-electron chi connectivity index (χ2n) is 4.72. The lowest BCUT2D eigenvalue weighted by Gasteiger charge is -2.05. The summed E-state index contributed by atoms with van der Waals surface area (Å²) in [6, 6.07) is 13.9. The van der Waals surface area contributed by atoms with Crippen LogP contribution in [0.3, 0.4) is 0 Å². The summed E-state index contributed by atoms with van der Waals surface area (Å²) in [6.07, 6.45) is 3.01. The van der Waals surface area contributed by atoms with Gasteiger partial charge in [0.15, 0.2) is 5.75 Å². The van der Waals surface area contributed by atoms with Crippen LogP contribution in [0.25, 0.3) is 21.8 Å². The van der Waals surface area contributed by atoms with E-state index >= 15 is 0 Å². The van der Waals surface area contributed by atoms with Crippen molar-refractivity contribution >= 4 is 21.8 Å². The van der Waals surface area contributed by atoms with Crippen molar-refractivity contribution in [3.8, 4) is 11.5 Å². The molecule has 0 aliphatic heterocycles. The van der Waals surface area contributed by atoms with Gasteiger partial charge in [-0.1, -0.05) is 30.3 Å². The Kier molecular flexibility index (Phi) is 2.50. The fourth-order valence-corrected chi connectivity index (χ4v) is 2.36. The fraction of sp³-hybridized carbons (Fsp3) is 0. The summed E-state index contributed by atoms with van der Waals surface area (Å²) in [5.74, 6) is 1.24. The molecule has 2 N–H and O–H groups in total. The highest BCUT2D eigenvalue weighted by atomic mass is 16.5. The normalized spacial score (nSPS) is 11.0. The summed E-state index contributed by atoms with van der Waals surface area (Å²) in [5, 5.41) is 2.25. The molecule has 0 aliphatic rings. The molecule has 5 heteroatoms. The molecule has 0 bridgehead atoms. The largest absolute Gasteiger partial charge is 0.453 e. The Morgan fingerprint density at radius 1 is 1.00 bits per heavy atom. The zero-order valence-corrected chi connectivity index (χ0v) is 11.0. The maximum absolute atomic E-state index is 11.6. The molecule has 0 radical (unpaired) electrons. The van der Waals surface area contributed by atoms with Crippen molar-refractivity contribution in [1.29, 1.82) is 0 Å². The summed E-state index contributed by atoms with van der Waals surface area (Å²) >= 11 is 0. The average Bonchev–Trinajstić information content (AvgIpc) is 2.92. The average molecular weight is 277 g/mol. The monoisotopic (exact) mass is 277 g/mol. The van der Waals surface area contributed by atoms with Gasteiger partial charge in [-0.2, -0.15) is 0 Å². The van der Waals surface area contributed by atoms with Crippen LogP contribution in [-0.2, 0) is 0 Å². The van der Waals surface area contributed by atoms with E-state index in [4.69, 9.17) is 4.74 Å². The molecule has 21 heavy (non-hydrogen) atoms. The van der Waals surface area contributed by atoms with Crippen molar-refractivity contribution in [2.75, 3.05) is 0 Å². The van der Waals surface area contributed by atoms with Gasteiger partial charge in [-0.3, -0.25) is 4.79 Å². The zero-order valence-electron chi connectivity index (χ0n) is 11.0. The molecular weight excluding hydrogens is 266 g/mol. The summed E-state index contributed by atoms with van der Waals surface area (Å²) in [7, 11) is 0. The Morgan fingerprint density at radius 2 is 1.86 bits per heavy atom. The van der Waals surface area contributed by atoms with Gasteiger partial charge in [-0.25, -0.2) is 4.98 Å². The Labute approximate surface area is 119 Å². The number of hydrogen-bond donors (Lipinski definition) is 2. The first-order valence-electron chi connectivity index (χ1n) is 6.53. The third-order valence-corrected chi connectivity index (χ3v) is 3.38. The van der Waals surface area contributed by atoms with E-state index in [1.54, 1.807) is 6.20 Å². The number of aromatic amines is 2. The molecule has 0 aliphatic carbocycles. The van der Waals surface area contributed by atoms with Crippen molar-refractivity contribution in [1.82, 2.24) is 15.0 Å². The maximum atomic E-state index is 11.6. The lowest BCUT2D eigenvalue weighted by molar-refractivity contribution is 0.488. The minimum atomic E-state index is -0.214. The van der Waals surface area contributed by atoms with Gasteiger partial charge in [0, 0.05) is 6.20 Å². The first kappa shape index (κ1) is 11.7. The van der Waals surface area contributed by atoms with Crippen LogP contribution in [0.1, 0.15) is 0 Å². The number of hydrogen-bond acceptors (Lipinski definition) is 3. The Bertz CT molecular complexity index is 1000. The standard InChI is InChI=1S/C16H11N3O2/c20-16-15-14(18-9-19-16)13(8-17-15)21-12-6-5-10-3-1-2-4-11(10)7-12/h1-9,17H,(H,18,19,20). The van der Waals surface area contributed by atoms with Gasteiger partial charge in [-0.15, -0.1) is 0 Å². The molecule has 0 fully saturated rings. The van der Waals surface area contributed by atoms with Gasteiger partial charge < -0.3 is 14.7 Å². The number of H-pyrrole nitrogens is 2. The molecule has 0 saturated carbocycles. The van der Waals surface area contributed by atoms with E-state index < -0.39 is 0 Å². The minimum Gasteiger partial charge on any atom is -0.453 e. The van der Waals surface area contributed by atoms with Crippen LogP contribution < -0.4 is 10.3 Å². The first-order valence-corrected chi connectivity index (χ1v) is 6.53. The van der Waals surface area contributed by atoms with Crippen LogP contribution in [0, 0.1) is 0 Å². The van der Waals surface area contributed by atoms with Gasteiger partial charge in [0.25, 0.3) is 5.56 Å². The number of ether oxygens (including phenoxy) is 1. The number of benzene rings is 2. The van der Waals surface area contributed by atoms with Crippen LogP contribution >= 0.6 is 0 Å². The number of nitrogens with zero attached hydrogens (tertiary/aromatic N) is 1. The van der Waals surface area contributed by atoms with E-state index in [0.717, 1.165) is 10.8 Å². The molecular formula is C16H11N3O2. The first-order chi connectivity index (χ1) is 10.3. The molecule has 2 aromatic carbocycles. The molecule has 0 unspecified atom stereocenters. The second-order valence-corrected chi connectivity index (χ2v) is 4.72. The lowest BCUT2D eigenvalue weighted by atomic mass is 10.1. The van der Waals surface area contributed by atoms with E-state index in [1.807, 2.05) is 42.5 Å². The number of rotatable bonds is 2. The van der Waals surface area contributed by atoms with Crippen LogP contribution in [0.2, 0.25) is 0 Å². The Balaban J connectivity index is 1.79.